The van der Waals surface area contributed by atoms with E-state index in [2.05, 4.69) is 59.2 Å². The Balaban J connectivity index is 1.38. The maximum Gasteiger partial charge on any atom is 0.283 e. The van der Waals surface area contributed by atoms with Crippen LogP contribution in [0.2, 0.25) is 0 Å². The van der Waals surface area contributed by atoms with Gasteiger partial charge in [-0.25, -0.2) is 32.6 Å². The van der Waals surface area contributed by atoms with Gasteiger partial charge in [-0.15, -0.1) is 23.2 Å². The van der Waals surface area contributed by atoms with E-state index < -0.39 is 58.8 Å². The van der Waals surface area contributed by atoms with E-state index in [0.717, 1.165) is 0 Å². The second-order valence-corrected chi connectivity index (χ2v) is 19.8. The summed E-state index contributed by atoms with van der Waals surface area (Å²) in [6.07, 6.45) is 0. The highest BCUT2D eigenvalue weighted by molar-refractivity contribution is 7.94. The van der Waals surface area contributed by atoms with Crippen LogP contribution in [0.1, 0.15) is 10.4 Å². The largest absolute Gasteiger partial charge is 0.505 e. The van der Waals surface area contributed by atoms with E-state index in [0.29, 0.717) is 12.0 Å². The van der Waals surface area contributed by atoms with Crippen LogP contribution in [0.4, 0.5) is 34.1 Å². The number of phenols is 1. The highest BCUT2D eigenvalue weighted by Gasteiger charge is 2.21. The van der Waals surface area contributed by atoms with Crippen molar-refractivity contribution < 1.29 is 92.0 Å². The average molecular weight is 1040 g/mol. The summed E-state index contributed by atoms with van der Waals surface area (Å²) in [4.78, 5) is 12.8. The Morgan fingerprint density at radius 3 is 1.67 bits per heavy atom. The van der Waals surface area contributed by atoms with Gasteiger partial charge in [-0.05, 0) is 91.0 Å². The molecule has 0 fully saturated rings. The molecule has 66 heavy (non-hydrogen) atoms. The van der Waals surface area contributed by atoms with Crippen molar-refractivity contribution in [2.45, 2.75) is 14.7 Å². The van der Waals surface area contributed by atoms with E-state index in [9.17, 15) is 39.7 Å². The first-order valence-electron chi connectivity index (χ1n) is 17.6. The Morgan fingerprint density at radius 1 is 0.621 bits per heavy atom. The topological polar surface area (TPSA) is 368 Å². The number of phenolic OH excluding ortho intramolecular Hbond substituents is 1. The minimum atomic E-state index is -4.57. The van der Waals surface area contributed by atoms with Crippen molar-refractivity contribution in [3.05, 3.63) is 96.6 Å². The van der Waals surface area contributed by atoms with Gasteiger partial charge in [0, 0.05) is 22.0 Å². The molecule has 26 nitrogen and oxygen atoms in total. The maximum absolute atomic E-state index is 13.0. The standard InChI is InChI=1S/C34H32N6O20S6/c41-33-27-13-14-29(35-20-66(50,51)52)31(28(27)19-30(61-58-55-43)32(33)40-38-24-7-11-26(12-8-24)65(48,49)18-16-54-63-60-57-45)39-37-23-3-1-21(2-4-23)34(42)36-22-5-9-25(10-6-22)64(46,47)17-15-53-62-59-56-44/h1-14,19,35,41,43-45H,15-18,20H2,(H,36,42)(H,50,51,52)/b39-37+,40-38+. The number of amides is 1. The van der Waals surface area contributed by atoms with E-state index in [1.807, 2.05) is 0 Å². The number of carbonyl (C=O) groups is 1. The summed E-state index contributed by atoms with van der Waals surface area (Å²) in [5.41, 5.74) is 0.450. The number of sulfone groups is 2. The Bertz CT molecular complexity index is 2840. The molecule has 5 aromatic carbocycles. The van der Waals surface area contributed by atoms with Crippen molar-refractivity contribution >= 4 is 117 Å². The summed E-state index contributed by atoms with van der Waals surface area (Å²) in [6, 6.07) is 20.2. The molecule has 0 saturated heterocycles. The fourth-order valence-electron chi connectivity index (χ4n) is 5.25. The molecule has 5 aromatic rings. The number of aromatic hydroxyl groups is 1. The Morgan fingerprint density at radius 2 is 1.14 bits per heavy atom. The molecular formula is C34H32N6O20S6. The molecule has 0 aliphatic carbocycles. The van der Waals surface area contributed by atoms with E-state index in [1.165, 1.54) is 91.0 Å². The minimum Gasteiger partial charge on any atom is -0.505 e. The second kappa shape index (κ2) is 24.7. The van der Waals surface area contributed by atoms with Crippen molar-refractivity contribution in [3.8, 4) is 5.75 Å². The lowest BCUT2D eigenvalue weighted by atomic mass is 10.1. The third kappa shape index (κ3) is 15.3. The molecule has 7 N–H and O–H groups in total. The maximum atomic E-state index is 13.0. The van der Waals surface area contributed by atoms with Gasteiger partial charge in [0.15, 0.2) is 50.1 Å². The van der Waals surface area contributed by atoms with Gasteiger partial charge in [0.25, 0.3) is 16.0 Å². The van der Waals surface area contributed by atoms with Crippen molar-refractivity contribution in [2.24, 2.45) is 20.5 Å². The van der Waals surface area contributed by atoms with Crippen molar-refractivity contribution in [1.82, 2.24) is 0 Å². The number of nitrogens with one attached hydrogen (secondary N) is 2. The monoisotopic (exact) mass is 1040 g/mol. The van der Waals surface area contributed by atoms with E-state index in [-0.39, 0.29) is 103 Å². The highest BCUT2D eigenvalue weighted by atomic mass is 32.2. The molecule has 0 heterocycles. The number of fused-ring (bicyclic) bond motifs is 1. The lowest BCUT2D eigenvalue weighted by Gasteiger charge is -2.14. The molecule has 0 radical (unpaired) electrons. The summed E-state index contributed by atoms with van der Waals surface area (Å²) < 4.78 is 105. The van der Waals surface area contributed by atoms with Crippen LogP contribution in [0.3, 0.4) is 0 Å². The first kappa shape index (κ1) is 52.0. The van der Waals surface area contributed by atoms with Crippen LogP contribution < -0.4 is 10.6 Å². The highest BCUT2D eigenvalue weighted by Crippen LogP contribution is 2.48. The number of carbonyl (C=O) groups excluding carboxylic acids is 1. The number of hydrogen-bond donors (Lipinski definition) is 7. The minimum absolute atomic E-state index is 0.00528. The second-order valence-electron chi connectivity index (χ2n) is 12.4. The number of nitrogens with zero attached hydrogens (tertiary/aromatic N) is 4. The summed E-state index contributed by atoms with van der Waals surface area (Å²) >= 11 is 0.824. The smallest absolute Gasteiger partial charge is 0.283 e. The van der Waals surface area contributed by atoms with Gasteiger partial charge in [0.05, 0.1) is 68.5 Å². The number of anilines is 2. The number of azo groups is 2. The van der Waals surface area contributed by atoms with Gasteiger partial charge in [-0.3, -0.25) is 17.7 Å². The predicted molar refractivity (Wildman–Crippen MR) is 233 cm³/mol. The molecule has 5 rings (SSSR count). The van der Waals surface area contributed by atoms with Gasteiger partial charge in [0.2, 0.25) is 0 Å². The number of hydrogen-bond acceptors (Lipinski definition) is 27. The quantitative estimate of drug-likeness (QED) is 0.00691. The lowest BCUT2D eigenvalue weighted by Crippen LogP contribution is -2.13. The zero-order valence-corrected chi connectivity index (χ0v) is 37.7. The van der Waals surface area contributed by atoms with Crippen LogP contribution in [-0.2, 0) is 66.3 Å². The molecule has 0 aromatic heterocycles. The van der Waals surface area contributed by atoms with Crippen LogP contribution in [0.5, 0.6) is 5.75 Å². The zero-order chi connectivity index (χ0) is 47.7. The summed E-state index contributed by atoms with van der Waals surface area (Å²) in [6.45, 7) is -0.596. The van der Waals surface area contributed by atoms with E-state index in [4.69, 9.17) is 24.1 Å². The van der Waals surface area contributed by atoms with Crippen LogP contribution in [0, 0.1) is 0 Å². The molecule has 0 spiro atoms. The molecule has 0 bridgehead atoms. The molecule has 32 heteroatoms. The molecule has 0 aliphatic heterocycles. The molecule has 0 saturated carbocycles. The summed E-state index contributed by atoms with van der Waals surface area (Å²) in [5, 5.41) is 69.0. The fraction of sp³-hybridized carbons (Fsp3) is 0.147. The predicted octanol–water partition coefficient (Wildman–Crippen LogP) is 7.86. The molecule has 0 aliphatic rings. The zero-order valence-electron chi connectivity index (χ0n) is 32.8. The Kier molecular flexibility index (Phi) is 19.5. The van der Waals surface area contributed by atoms with Crippen molar-refractivity contribution in [2.75, 3.05) is 41.2 Å². The van der Waals surface area contributed by atoms with Gasteiger partial charge in [-0.1, -0.05) is 15.1 Å². The molecule has 0 unspecified atom stereocenters. The van der Waals surface area contributed by atoms with Crippen LogP contribution in [-0.4, -0.2) is 87.2 Å². The van der Waals surface area contributed by atoms with Gasteiger partial charge >= 0.3 is 0 Å². The van der Waals surface area contributed by atoms with Gasteiger partial charge in [0.1, 0.15) is 17.3 Å². The van der Waals surface area contributed by atoms with E-state index in [1.54, 1.807) is 0 Å². The molecule has 0 atom stereocenters. The number of benzene rings is 5. The third-order valence-corrected chi connectivity index (χ3v) is 13.5. The first-order valence-corrected chi connectivity index (χ1v) is 24.6. The summed E-state index contributed by atoms with van der Waals surface area (Å²) in [5.74, 6) is -2.92. The van der Waals surface area contributed by atoms with E-state index >= 15 is 0 Å². The SMILES string of the molecule is O=C(Nc1ccc(S(=O)(=O)CCOSOOO)cc1)c1ccc(/N=N/c2c(NCS(=O)(=O)O)ccc3c(O)c(/N=N/c4ccc(S(=O)(=O)CCOSOOO)cc4)c(SOOO)cc23)cc1. The first-order chi connectivity index (χ1) is 31.5. The van der Waals surface area contributed by atoms with Crippen LogP contribution in [0.25, 0.3) is 10.8 Å². The van der Waals surface area contributed by atoms with Gasteiger partial charge < -0.3 is 15.7 Å². The molecule has 1 amide bonds. The lowest BCUT2D eigenvalue weighted by molar-refractivity contribution is -0.434. The van der Waals surface area contributed by atoms with Crippen LogP contribution >= 0.6 is 36.7 Å². The van der Waals surface area contributed by atoms with Gasteiger partial charge in [-0.2, -0.15) is 18.6 Å². The van der Waals surface area contributed by atoms with Crippen LogP contribution in [0.15, 0.2) is 126 Å². The molecule has 354 valence electrons. The Labute approximate surface area is 386 Å². The summed E-state index contributed by atoms with van der Waals surface area (Å²) in [7, 11) is -12.2. The normalized spacial score (nSPS) is 12.4. The van der Waals surface area contributed by atoms with Crippen molar-refractivity contribution in [3.63, 3.8) is 0 Å². The molecular weight excluding hydrogens is 1000 g/mol. The third-order valence-electron chi connectivity index (χ3n) is 8.22. The average Bonchev–Trinajstić information content (AvgIpc) is 3.29. The fourth-order valence-corrected chi connectivity index (χ4v) is 8.90. The van der Waals surface area contributed by atoms with Crippen molar-refractivity contribution in [1.29, 1.82) is 0 Å². The number of rotatable bonds is 26. The Hall–Kier alpha value is -4.95.